The average Bonchev–Trinajstić information content (AvgIpc) is 2.90. The van der Waals surface area contributed by atoms with Crippen LogP contribution in [0.4, 0.5) is 0 Å². The minimum atomic E-state index is -3.96. The lowest BCUT2D eigenvalue weighted by Crippen LogP contribution is -2.49. The molecule has 0 spiro atoms. The molecule has 1 heterocycles. The van der Waals surface area contributed by atoms with Gasteiger partial charge in [0.2, 0.25) is 31.0 Å². The van der Waals surface area contributed by atoms with Crippen molar-refractivity contribution in [3.8, 4) is 0 Å². The molecule has 3 atom stereocenters. The SMILES string of the molecule is CNC(=O)[C@H](CC(C)C)NC(=O)[C@H](CC(C)C)CP(=O)(O)CN1C(=O)CCC1=O. The Morgan fingerprint density at radius 2 is 1.55 bits per heavy atom. The third kappa shape index (κ3) is 8.26. The number of nitrogens with one attached hydrogen (secondary N) is 2. The molecule has 166 valence electrons. The molecule has 10 heteroatoms. The molecule has 0 aliphatic carbocycles. The van der Waals surface area contributed by atoms with Crippen molar-refractivity contribution in [1.82, 2.24) is 15.5 Å². The molecule has 0 radical (unpaired) electrons. The van der Waals surface area contributed by atoms with Gasteiger partial charge in [-0.3, -0.25) is 28.6 Å². The van der Waals surface area contributed by atoms with Crippen molar-refractivity contribution >= 4 is 31.0 Å². The Morgan fingerprint density at radius 3 is 2.00 bits per heavy atom. The number of carbonyl (C=O) groups is 4. The number of hydrogen-bond acceptors (Lipinski definition) is 5. The Morgan fingerprint density at radius 1 is 1.03 bits per heavy atom. The van der Waals surface area contributed by atoms with E-state index in [9.17, 15) is 28.6 Å². The van der Waals surface area contributed by atoms with Gasteiger partial charge in [-0.1, -0.05) is 27.7 Å². The molecule has 0 aromatic rings. The molecule has 1 unspecified atom stereocenters. The molecule has 1 aliphatic heterocycles. The highest BCUT2D eigenvalue weighted by molar-refractivity contribution is 7.58. The van der Waals surface area contributed by atoms with Crippen LogP contribution in [0.25, 0.3) is 0 Å². The van der Waals surface area contributed by atoms with Gasteiger partial charge in [-0.2, -0.15) is 0 Å². The lowest BCUT2D eigenvalue weighted by atomic mass is 9.96. The normalized spacial score (nSPS) is 18.7. The van der Waals surface area contributed by atoms with Crippen LogP contribution in [0.3, 0.4) is 0 Å². The molecule has 3 N–H and O–H groups in total. The van der Waals surface area contributed by atoms with Gasteiger partial charge < -0.3 is 15.5 Å². The molecule has 0 aromatic heterocycles. The molecule has 0 aromatic carbocycles. The van der Waals surface area contributed by atoms with E-state index in [1.54, 1.807) is 0 Å². The molecule has 1 saturated heterocycles. The van der Waals surface area contributed by atoms with Gasteiger partial charge in [-0.05, 0) is 24.7 Å². The van der Waals surface area contributed by atoms with Crippen molar-refractivity contribution < 1.29 is 28.6 Å². The van der Waals surface area contributed by atoms with E-state index in [0.29, 0.717) is 12.8 Å². The Bertz CT molecular complexity index is 663. The number of amides is 4. The number of rotatable bonds is 11. The first-order chi connectivity index (χ1) is 13.4. The van der Waals surface area contributed by atoms with Crippen molar-refractivity contribution in [3.63, 3.8) is 0 Å². The third-order valence-corrected chi connectivity index (χ3v) is 6.47. The molecule has 1 aliphatic rings. The van der Waals surface area contributed by atoms with Gasteiger partial charge in [0.05, 0.1) is 0 Å². The van der Waals surface area contributed by atoms with E-state index in [2.05, 4.69) is 10.6 Å². The molecule has 9 nitrogen and oxygen atoms in total. The zero-order chi connectivity index (χ0) is 22.4. The quantitative estimate of drug-likeness (QED) is 0.334. The first-order valence-electron chi connectivity index (χ1n) is 10.0. The Labute approximate surface area is 172 Å². The predicted molar refractivity (Wildman–Crippen MR) is 109 cm³/mol. The highest BCUT2D eigenvalue weighted by Crippen LogP contribution is 2.45. The summed E-state index contributed by atoms with van der Waals surface area (Å²) in [6.45, 7) is 7.64. The van der Waals surface area contributed by atoms with Gasteiger partial charge in [0.15, 0.2) is 0 Å². The second-order valence-corrected chi connectivity index (χ2v) is 10.9. The number of carbonyl (C=O) groups excluding carboxylic acids is 4. The van der Waals surface area contributed by atoms with E-state index in [4.69, 9.17) is 0 Å². The molecular weight excluding hydrogens is 397 g/mol. The van der Waals surface area contributed by atoms with Gasteiger partial charge in [0.1, 0.15) is 12.3 Å². The summed E-state index contributed by atoms with van der Waals surface area (Å²) in [6, 6.07) is -0.734. The highest BCUT2D eigenvalue weighted by atomic mass is 31.2. The summed E-state index contributed by atoms with van der Waals surface area (Å²) in [5.74, 6) is -2.30. The fourth-order valence-corrected chi connectivity index (χ4v) is 5.28. The van der Waals surface area contributed by atoms with E-state index in [-0.39, 0.29) is 36.7 Å². The molecule has 1 fully saturated rings. The van der Waals surface area contributed by atoms with Crippen LogP contribution in [0.15, 0.2) is 0 Å². The standard InChI is InChI=1S/C19H34N3O6P/c1-12(2)8-14(18(25)21-15(9-13(3)4)19(26)20-5)10-29(27,28)11-22-16(23)6-7-17(22)24/h12-15H,6-11H2,1-5H3,(H,20,26)(H,21,25)(H,27,28)/t14-,15+/m1/s1. The second-order valence-electron chi connectivity index (χ2n) is 8.52. The van der Waals surface area contributed by atoms with E-state index >= 15 is 0 Å². The van der Waals surface area contributed by atoms with Gasteiger partial charge in [-0.25, -0.2) is 0 Å². The summed E-state index contributed by atoms with van der Waals surface area (Å²) in [5.41, 5.74) is 0. The monoisotopic (exact) mass is 431 g/mol. The van der Waals surface area contributed by atoms with E-state index in [1.165, 1.54) is 7.05 Å². The van der Waals surface area contributed by atoms with Crippen molar-refractivity contribution in [2.24, 2.45) is 17.8 Å². The zero-order valence-corrected chi connectivity index (χ0v) is 18.8. The van der Waals surface area contributed by atoms with E-state index in [0.717, 1.165) is 4.90 Å². The number of imide groups is 1. The molecule has 0 saturated carbocycles. The van der Waals surface area contributed by atoms with Gasteiger partial charge in [0, 0.05) is 32.0 Å². The number of hydrogen-bond donors (Lipinski definition) is 3. The number of likely N-dealkylation sites (N-methyl/N-ethyl adjacent to an activating group) is 1. The zero-order valence-electron chi connectivity index (χ0n) is 17.9. The summed E-state index contributed by atoms with van der Waals surface area (Å²) in [6.07, 6.45) is -0.0586. The number of likely N-dealkylation sites (tertiary alicyclic amines) is 1. The lowest BCUT2D eigenvalue weighted by Gasteiger charge is -2.26. The fraction of sp³-hybridized carbons (Fsp3) is 0.789. The molecular formula is C19H34N3O6P. The van der Waals surface area contributed by atoms with Crippen molar-refractivity contribution in [2.75, 3.05) is 19.5 Å². The fourth-order valence-electron chi connectivity index (χ4n) is 3.40. The molecule has 1 rings (SSSR count). The highest BCUT2D eigenvalue weighted by Gasteiger charge is 2.38. The number of nitrogens with zero attached hydrogens (tertiary/aromatic N) is 1. The van der Waals surface area contributed by atoms with Crippen LogP contribution >= 0.6 is 7.37 Å². The summed E-state index contributed by atoms with van der Waals surface area (Å²) in [5, 5.41) is 5.23. The van der Waals surface area contributed by atoms with Crippen LogP contribution in [0, 0.1) is 17.8 Å². The summed E-state index contributed by atoms with van der Waals surface area (Å²) in [7, 11) is -2.48. The Kier molecular flexibility index (Phi) is 9.49. The first-order valence-corrected chi connectivity index (χ1v) is 12.0. The van der Waals surface area contributed by atoms with Gasteiger partial charge in [0.25, 0.3) is 0 Å². The van der Waals surface area contributed by atoms with Crippen molar-refractivity contribution in [1.29, 1.82) is 0 Å². The second kappa shape index (κ2) is 10.9. The smallest absolute Gasteiger partial charge is 0.242 e. The largest absolute Gasteiger partial charge is 0.357 e. The molecule has 0 bridgehead atoms. The minimum absolute atomic E-state index is 0.0394. The maximum atomic E-state index is 12.9. The van der Waals surface area contributed by atoms with Crippen LogP contribution in [0.2, 0.25) is 0 Å². The van der Waals surface area contributed by atoms with Gasteiger partial charge in [-0.15, -0.1) is 0 Å². The van der Waals surface area contributed by atoms with Crippen LogP contribution in [0.5, 0.6) is 0 Å². The molecule has 29 heavy (non-hydrogen) atoms. The maximum Gasteiger partial charge on any atom is 0.242 e. The Balaban J connectivity index is 2.92. The van der Waals surface area contributed by atoms with E-state index in [1.807, 2.05) is 27.7 Å². The van der Waals surface area contributed by atoms with Gasteiger partial charge >= 0.3 is 0 Å². The minimum Gasteiger partial charge on any atom is -0.357 e. The first kappa shape index (κ1) is 25.3. The lowest BCUT2D eigenvalue weighted by molar-refractivity contribution is -0.137. The van der Waals surface area contributed by atoms with Crippen LogP contribution in [0.1, 0.15) is 53.4 Å². The molecule has 4 amide bonds. The third-order valence-electron chi connectivity index (χ3n) is 4.74. The van der Waals surface area contributed by atoms with Crippen LogP contribution in [-0.4, -0.2) is 59.0 Å². The predicted octanol–water partition coefficient (Wildman–Crippen LogP) is 1.30. The summed E-state index contributed by atoms with van der Waals surface area (Å²) < 4.78 is 12.8. The van der Waals surface area contributed by atoms with E-state index < -0.39 is 43.3 Å². The van der Waals surface area contributed by atoms with Crippen LogP contribution < -0.4 is 10.6 Å². The summed E-state index contributed by atoms with van der Waals surface area (Å²) in [4.78, 5) is 59.7. The van der Waals surface area contributed by atoms with Crippen molar-refractivity contribution in [2.45, 2.75) is 59.4 Å². The maximum absolute atomic E-state index is 12.9. The Hall–Kier alpha value is -1.73. The summed E-state index contributed by atoms with van der Waals surface area (Å²) >= 11 is 0. The van der Waals surface area contributed by atoms with Crippen LogP contribution in [-0.2, 0) is 23.7 Å². The average molecular weight is 431 g/mol. The topological polar surface area (TPSA) is 133 Å². The van der Waals surface area contributed by atoms with Crippen molar-refractivity contribution in [3.05, 3.63) is 0 Å².